The lowest BCUT2D eigenvalue weighted by Gasteiger charge is -2.28. The van der Waals surface area contributed by atoms with E-state index in [-0.39, 0.29) is 24.9 Å². The first-order valence-corrected chi connectivity index (χ1v) is 6.01. The SMILES string of the molecule is CCN(CN)C1=CC(=O)C(N(CC)CN)=CC1=O. The van der Waals surface area contributed by atoms with Gasteiger partial charge in [0.2, 0.25) is 11.6 Å². The maximum atomic E-state index is 12.0. The van der Waals surface area contributed by atoms with Crippen molar-refractivity contribution in [3.63, 3.8) is 0 Å². The fraction of sp³-hybridized carbons (Fsp3) is 0.500. The summed E-state index contributed by atoms with van der Waals surface area (Å²) in [6.07, 6.45) is 2.68. The van der Waals surface area contributed by atoms with Gasteiger partial charge in [0, 0.05) is 25.2 Å². The number of likely N-dealkylation sites (N-methyl/N-ethyl adjacent to an activating group) is 2. The number of carbonyl (C=O) groups excluding carboxylic acids is 2. The van der Waals surface area contributed by atoms with Crippen LogP contribution < -0.4 is 11.5 Å². The Morgan fingerprint density at radius 1 is 0.889 bits per heavy atom. The maximum absolute atomic E-state index is 12.0. The molecule has 100 valence electrons. The van der Waals surface area contributed by atoms with E-state index >= 15 is 0 Å². The molecule has 0 saturated carbocycles. The highest BCUT2D eigenvalue weighted by Crippen LogP contribution is 2.17. The van der Waals surface area contributed by atoms with E-state index in [0.717, 1.165) is 0 Å². The van der Waals surface area contributed by atoms with Gasteiger partial charge in [0.25, 0.3) is 0 Å². The van der Waals surface area contributed by atoms with Gasteiger partial charge in [0.1, 0.15) is 0 Å². The van der Waals surface area contributed by atoms with Gasteiger partial charge in [0.05, 0.1) is 24.7 Å². The maximum Gasteiger partial charge on any atom is 0.204 e. The summed E-state index contributed by atoms with van der Waals surface area (Å²) in [5.74, 6) is -0.410. The summed E-state index contributed by atoms with van der Waals surface area (Å²) in [4.78, 5) is 27.3. The molecule has 0 aliphatic heterocycles. The number of hydrogen-bond donors (Lipinski definition) is 2. The molecule has 4 N–H and O–H groups in total. The molecule has 0 aromatic heterocycles. The molecule has 1 rings (SSSR count). The van der Waals surface area contributed by atoms with E-state index < -0.39 is 0 Å². The number of nitrogens with zero attached hydrogens (tertiary/aromatic N) is 2. The summed E-state index contributed by atoms with van der Waals surface area (Å²) in [6.45, 7) is 5.33. The van der Waals surface area contributed by atoms with Gasteiger partial charge in [-0.15, -0.1) is 0 Å². The van der Waals surface area contributed by atoms with Crippen LogP contribution in [0.4, 0.5) is 0 Å². The summed E-state index contributed by atoms with van der Waals surface area (Å²) in [6, 6.07) is 0. The minimum atomic E-state index is -0.205. The van der Waals surface area contributed by atoms with Crippen molar-refractivity contribution in [1.82, 2.24) is 9.80 Å². The first-order chi connectivity index (χ1) is 8.58. The van der Waals surface area contributed by atoms with Crippen LogP contribution in [0.1, 0.15) is 13.8 Å². The molecular weight excluding hydrogens is 232 g/mol. The molecule has 0 fully saturated rings. The van der Waals surface area contributed by atoms with Crippen molar-refractivity contribution in [2.75, 3.05) is 26.4 Å². The Balaban J connectivity index is 3.00. The van der Waals surface area contributed by atoms with Gasteiger partial charge in [-0.05, 0) is 13.8 Å². The van der Waals surface area contributed by atoms with Crippen LogP contribution in [0.3, 0.4) is 0 Å². The topological polar surface area (TPSA) is 92.7 Å². The molecule has 0 amide bonds. The summed E-state index contributed by atoms with van der Waals surface area (Å²) in [7, 11) is 0. The molecule has 0 spiro atoms. The Hall–Kier alpha value is -1.66. The quantitative estimate of drug-likeness (QED) is 0.483. The largest absolute Gasteiger partial charge is 0.356 e. The number of carbonyl (C=O) groups is 2. The third-order valence-electron chi connectivity index (χ3n) is 2.93. The molecule has 0 saturated heterocycles. The molecule has 0 unspecified atom stereocenters. The Kier molecular flexibility index (Phi) is 5.06. The van der Waals surface area contributed by atoms with Crippen LogP contribution >= 0.6 is 0 Å². The smallest absolute Gasteiger partial charge is 0.204 e. The molecule has 0 bridgehead atoms. The second-order valence-corrected chi connectivity index (χ2v) is 3.86. The van der Waals surface area contributed by atoms with Gasteiger partial charge < -0.3 is 21.3 Å². The average molecular weight is 252 g/mol. The summed E-state index contributed by atoms with van der Waals surface area (Å²) < 4.78 is 0. The number of hydrogen-bond acceptors (Lipinski definition) is 6. The number of nitrogens with two attached hydrogens (primary N) is 2. The van der Waals surface area contributed by atoms with Crippen LogP contribution in [-0.2, 0) is 9.59 Å². The van der Waals surface area contributed by atoms with E-state index in [1.54, 1.807) is 9.80 Å². The number of allylic oxidation sites excluding steroid dienone is 2. The Bertz CT molecular complexity index is 355. The highest BCUT2D eigenvalue weighted by atomic mass is 16.1. The fourth-order valence-electron chi connectivity index (χ4n) is 1.83. The van der Waals surface area contributed by atoms with Crippen LogP contribution in [0.25, 0.3) is 0 Å². The van der Waals surface area contributed by atoms with Gasteiger partial charge in [-0.2, -0.15) is 0 Å². The van der Waals surface area contributed by atoms with Gasteiger partial charge in [-0.25, -0.2) is 0 Å². The van der Waals surface area contributed by atoms with Crippen molar-refractivity contribution in [3.8, 4) is 0 Å². The molecular formula is C12H20N4O2. The van der Waals surface area contributed by atoms with E-state index in [9.17, 15) is 9.59 Å². The molecule has 1 aliphatic rings. The summed E-state index contributed by atoms with van der Waals surface area (Å²) >= 11 is 0. The minimum Gasteiger partial charge on any atom is -0.356 e. The zero-order valence-electron chi connectivity index (χ0n) is 10.8. The summed E-state index contributed by atoms with van der Waals surface area (Å²) in [5.41, 5.74) is 11.8. The van der Waals surface area contributed by atoms with Crippen LogP contribution in [0.15, 0.2) is 23.5 Å². The van der Waals surface area contributed by atoms with E-state index in [4.69, 9.17) is 11.5 Å². The van der Waals surface area contributed by atoms with Gasteiger partial charge in [-0.3, -0.25) is 9.59 Å². The molecule has 0 aromatic carbocycles. The van der Waals surface area contributed by atoms with Gasteiger partial charge in [-0.1, -0.05) is 0 Å². The second-order valence-electron chi connectivity index (χ2n) is 3.86. The van der Waals surface area contributed by atoms with Crippen molar-refractivity contribution in [1.29, 1.82) is 0 Å². The number of ketones is 2. The van der Waals surface area contributed by atoms with E-state index in [2.05, 4.69) is 0 Å². The first-order valence-electron chi connectivity index (χ1n) is 6.01. The second kappa shape index (κ2) is 6.32. The Labute approximate surface area is 107 Å². The lowest BCUT2D eigenvalue weighted by atomic mass is 10.0. The predicted molar refractivity (Wildman–Crippen MR) is 69.0 cm³/mol. The van der Waals surface area contributed by atoms with Crippen molar-refractivity contribution in [3.05, 3.63) is 23.5 Å². The molecule has 1 aliphatic carbocycles. The third kappa shape index (κ3) is 2.77. The van der Waals surface area contributed by atoms with Gasteiger partial charge in [0.15, 0.2) is 0 Å². The average Bonchev–Trinajstić information content (AvgIpc) is 2.37. The molecule has 0 atom stereocenters. The van der Waals surface area contributed by atoms with Crippen LogP contribution in [-0.4, -0.2) is 47.8 Å². The zero-order chi connectivity index (χ0) is 13.7. The third-order valence-corrected chi connectivity index (χ3v) is 2.93. The molecule has 0 radical (unpaired) electrons. The molecule has 6 heteroatoms. The van der Waals surface area contributed by atoms with Crippen LogP contribution in [0.2, 0.25) is 0 Å². The predicted octanol–water partition coefficient (Wildman–Crippen LogP) is -0.618. The zero-order valence-corrected chi connectivity index (χ0v) is 10.8. The van der Waals surface area contributed by atoms with E-state index in [1.165, 1.54) is 12.2 Å². The first kappa shape index (κ1) is 14.4. The lowest BCUT2D eigenvalue weighted by Crippen LogP contribution is -2.38. The standard InChI is InChI=1S/C12H20N4O2/c1-3-15(7-13)9-5-12(18)10(6-11(9)17)16(4-2)8-14/h5-6H,3-4,7-8,13-14H2,1-2H3. The van der Waals surface area contributed by atoms with Crippen molar-refractivity contribution >= 4 is 11.6 Å². The normalized spacial score (nSPS) is 15.3. The summed E-state index contributed by atoms with van der Waals surface area (Å²) in [5, 5.41) is 0. The Morgan fingerprint density at radius 2 is 1.22 bits per heavy atom. The fourth-order valence-corrected chi connectivity index (χ4v) is 1.83. The highest BCUT2D eigenvalue weighted by Gasteiger charge is 2.25. The molecule has 6 nitrogen and oxygen atoms in total. The van der Waals surface area contributed by atoms with E-state index in [1.807, 2.05) is 13.8 Å². The van der Waals surface area contributed by atoms with E-state index in [0.29, 0.717) is 24.5 Å². The molecule has 0 heterocycles. The monoisotopic (exact) mass is 252 g/mol. The minimum absolute atomic E-state index is 0.205. The number of rotatable bonds is 6. The Morgan fingerprint density at radius 3 is 1.44 bits per heavy atom. The van der Waals surface area contributed by atoms with Crippen LogP contribution in [0, 0.1) is 0 Å². The molecule has 18 heavy (non-hydrogen) atoms. The van der Waals surface area contributed by atoms with Crippen molar-refractivity contribution < 1.29 is 9.59 Å². The highest BCUT2D eigenvalue weighted by molar-refractivity contribution is 6.19. The van der Waals surface area contributed by atoms with Gasteiger partial charge >= 0.3 is 0 Å². The lowest BCUT2D eigenvalue weighted by molar-refractivity contribution is -0.117. The van der Waals surface area contributed by atoms with Crippen molar-refractivity contribution in [2.24, 2.45) is 11.5 Å². The van der Waals surface area contributed by atoms with Crippen LogP contribution in [0.5, 0.6) is 0 Å². The molecule has 0 aromatic rings. The van der Waals surface area contributed by atoms with Crippen molar-refractivity contribution in [2.45, 2.75) is 13.8 Å².